The highest BCUT2D eigenvalue weighted by Crippen LogP contribution is 2.33. The summed E-state index contributed by atoms with van der Waals surface area (Å²) >= 11 is 0. The van der Waals surface area contributed by atoms with Crippen LogP contribution in [0, 0.1) is 5.92 Å². The maximum absolute atomic E-state index is 12.8. The van der Waals surface area contributed by atoms with Crippen LogP contribution in [-0.2, 0) is 14.3 Å². The van der Waals surface area contributed by atoms with Crippen molar-refractivity contribution in [3.05, 3.63) is 35.1 Å². The summed E-state index contributed by atoms with van der Waals surface area (Å²) in [5.74, 6) is -3.76. The first-order chi connectivity index (χ1) is 15.8. The second-order valence-electron chi connectivity index (χ2n) is 8.81. The van der Waals surface area contributed by atoms with E-state index in [1.165, 1.54) is 6.26 Å². The summed E-state index contributed by atoms with van der Waals surface area (Å²) in [4.78, 5) is 25.3. The molecule has 33 heavy (non-hydrogen) atoms. The maximum Gasteiger partial charge on any atom is 0.353 e. The first kappa shape index (κ1) is 31.0. The summed E-state index contributed by atoms with van der Waals surface area (Å²) in [6, 6.07) is 0. The molecule has 0 spiro atoms. The number of allylic oxidation sites excluding steroid dienone is 3. The van der Waals surface area contributed by atoms with Crippen LogP contribution >= 0.6 is 0 Å². The standard InChI is InChI=1S/C28H48O5/c1-7-13-16-22(10-4)19-25(26(29)30)28(27(31)32,20-23(11-5)17-14-8-2)33-21-24(12-6)18-15-9-3/h19-21,25H,7-18H2,1-6H3,(H,29,30)(H,31,32). The zero-order valence-corrected chi connectivity index (χ0v) is 21.9. The van der Waals surface area contributed by atoms with Crippen molar-refractivity contribution in [1.29, 1.82) is 0 Å². The van der Waals surface area contributed by atoms with Gasteiger partial charge in [0, 0.05) is 0 Å². The summed E-state index contributed by atoms with van der Waals surface area (Å²) in [7, 11) is 0. The molecule has 2 unspecified atom stereocenters. The quantitative estimate of drug-likeness (QED) is 0.149. The Labute approximate surface area is 202 Å². The van der Waals surface area contributed by atoms with Crippen LogP contribution in [0.15, 0.2) is 35.1 Å². The molecule has 0 aromatic carbocycles. The number of ether oxygens (including phenoxy) is 1. The fraction of sp³-hybridized carbons (Fsp3) is 0.714. The van der Waals surface area contributed by atoms with Crippen LogP contribution in [0.2, 0.25) is 0 Å². The lowest BCUT2D eigenvalue weighted by Crippen LogP contribution is -2.49. The summed E-state index contributed by atoms with van der Waals surface area (Å²) in [5, 5.41) is 20.7. The Morgan fingerprint density at radius 2 is 1.21 bits per heavy atom. The van der Waals surface area contributed by atoms with Gasteiger partial charge in [0.05, 0.1) is 6.26 Å². The lowest BCUT2D eigenvalue weighted by molar-refractivity contribution is -0.166. The van der Waals surface area contributed by atoms with E-state index < -0.39 is 23.5 Å². The molecular weight excluding hydrogens is 416 g/mol. The van der Waals surface area contributed by atoms with Crippen LogP contribution in [-0.4, -0.2) is 27.8 Å². The van der Waals surface area contributed by atoms with Crippen LogP contribution in [0.1, 0.15) is 119 Å². The smallest absolute Gasteiger partial charge is 0.353 e. The molecule has 5 nitrogen and oxygen atoms in total. The average molecular weight is 465 g/mol. The van der Waals surface area contributed by atoms with E-state index in [1.54, 1.807) is 12.2 Å². The molecule has 5 heteroatoms. The highest BCUT2D eigenvalue weighted by Gasteiger charge is 2.49. The van der Waals surface area contributed by atoms with E-state index in [1.807, 2.05) is 20.8 Å². The Morgan fingerprint density at radius 3 is 1.61 bits per heavy atom. The van der Waals surface area contributed by atoms with Gasteiger partial charge in [-0.3, -0.25) is 4.79 Å². The molecule has 2 atom stereocenters. The van der Waals surface area contributed by atoms with Crippen molar-refractivity contribution in [3.63, 3.8) is 0 Å². The van der Waals surface area contributed by atoms with Crippen LogP contribution in [0.3, 0.4) is 0 Å². The Kier molecular flexibility index (Phi) is 16.4. The molecule has 0 aliphatic carbocycles. The molecule has 0 heterocycles. The van der Waals surface area contributed by atoms with Gasteiger partial charge in [-0.05, 0) is 69.4 Å². The van der Waals surface area contributed by atoms with Gasteiger partial charge in [0.1, 0.15) is 5.92 Å². The SMILES string of the molecule is CCCCC(=COC(C=C(CC)CCCC)(C(=O)O)C(C=C(CC)CCCC)C(=O)O)CC. The summed E-state index contributed by atoms with van der Waals surface area (Å²) < 4.78 is 6.06. The molecule has 2 N–H and O–H groups in total. The van der Waals surface area contributed by atoms with E-state index in [0.29, 0.717) is 12.8 Å². The van der Waals surface area contributed by atoms with Gasteiger partial charge in [-0.1, -0.05) is 78.0 Å². The van der Waals surface area contributed by atoms with Crippen molar-refractivity contribution in [1.82, 2.24) is 0 Å². The largest absolute Gasteiger partial charge is 0.481 e. The molecule has 0 amide bonds. The van der Waals surface area contributed by atoms with Gasteiger partial charge in [0.2, 0.25) is 5.60 Å². The molecule has 190 valence electrons. The second-order valence-corrected chi connectivity index (χ2v) is 8.81. The molecular formula is C28H48O5. The van der Waals surface area contributed by atoms with Crippen molar-refractivity contribution in [3.8, 4) is 0 Å². The summed E-state index contributed by atoms with van der Waals surface area (Å²) in [6.07, 6.45) is 15.0. The number of unbranched alkanes of at least 4 members (excludes halogenated alkanes) is 3. The minimum atomic E-state index is -1.98. The van der Waals surface area contributed by atoms with Crippen molar-refractivity contribution >= 4 is 11.9 Å². The van der Waals surface area contributed by atoms with Crippen LogP contribution in [0.4, 0.5) is 0 Å². The van der Waals surface area contributed by atoms with E-state index in [0.717, 1.165) is 80.9 Å². The van der Waals surface area contributed by atoms with E-state index in [-0.39, 0.29) is 0 Å². The number of hydrogen-bond donors (Lipinski definition) is 2. The number of carboxylic acid groups (broad SMARTS) is 2. The van der Waals surface area contributed by atoms with Gasteiger partial charge in [0.15, 0.2) is 0 Å². The third-order valence-electron chi connectivity index (χ3n) is 6.22. The highest BCUT2D eigenvalue weighted by molar-refractivity contribution is 5.89. The van der Waals surface area contributed by atoms with Crippen LogP contribution in [0.25, 0.3) is 0 Å². The number of aliphatic carboxylic acids is 2. The van der Waals surface area contributed by atoms with Crippen molar-refractivity contribution in [2.24, 2.45) is 5.92 Å². The molecule has 0 radical (unpaired) electrons. The third-order valence-corrected chi connectivity index (χ3v) is 6.22. The number of carbonyl (C=O) groups is 2. The molecule has 0 aliphatic heterocycles. The predicted octanol–water partition coefficient (Wildman–Crippen LogP) is 8.06. The Balaban J connectivity index is 6.75. The monoisotopic (exact) mass is 464 g/mol. The Morgan fingerprint density at radius 1 is 0.758 bits per heavy atom. The fourth-order valence-electron chi connectivity index (χ4n) is 3.80. The van der Waals surface area contributed by atoms with Gasteiger partial charge >= 0.3 is 11.9 Å². The predicted molar refractivity (Wildman–Crippen MR) is 136 cm³/mol. The van der Waals surface area contributed by atoms with E-state index >= 15 is 0 Å². The van der Waals surface area contributed by atoms with E-state index in [9.17, 15) is 19.8 Å². The first-order valence-electron chi connectivity index (χ1n) is 13.0. The average Bonchev–Trinajstić information content (AvgIpc) is 2.80. The van der Waals surface area contributed by atoms with E-state index in [4.69, 9.17) is 4.74 Å². The zero-order valence-electron chi connectivity index (χ0n) is 21.9. The van der Waals surface area contributed by atoms with Gasteiger partial charge in [-0.2, -0.15) is 0 Å². The fourth-order valence-corrected chi connectivity index (χ4v) is 3.80. The molecule has 0 aromatic rings. The van der Waals surface area contributed by atoms with Gasteiger partial charge in [-0.25, -0.2) is 4.79 Å². The first-order valence-corrected chi connectivity index (χ1v) is 13.0. The number of hydrogen-bond acceptors (Lipinski definition) is 3. The van der Waals surface area contributed by atoms with Gasteiger partial charge in [-0.15, -0.1) is 0 Å². The molecule has 0 aliphatic rings. The Hall–Kier alpha value is -2.04. The zero-order chi connectivity index (χ0) is 25.3. The Bertz CT molecular complexity index is 674. The minimum Gasteiger partial charge on any atom is -0.481 e. The molecule has 0 saturated carbocycles. The van der Waals surface area contributed by atoms with E-state index in [2.05, 4.69) is 20.8 Å². The lowest BCUT2D eigenvalue weighted by Gasteiger charge is -2.32. The summed E-state index contributed by atoms with van der Waals surface area (Å²) in [5.41, 5.74) is 0.899. The molecule has 0 saturated heterocycles. The minimum absolute atomic E-state index is 0.658. The number of carboxylic acids is 2. The lowest BCUT2D eigenvalue weighted by atomic mass is 9.82. The highest BCUT2D eigenvalue weighted by atomic mass is 16.5. The third kappa shape index (κ3) is 10.6. The van der Waals surface area contributed by atoms with Crippen molar-refractivity contribution in [2.75, 3.05) is 0 Å². The molecule has 0 bridgehead atoms. The molecule has 0 fully saturated rings. The van der Waals surface area contributed by atoms with Gasteiger partial charge < -0.3 is 14.9 Å². The maximum atomic E-state index is 12.8. The summed E-state index contributed by atoms with van der Waals surface area (Å²) in [6.45, 7) is 12.3. The normalized spacial score (nSPS) is 15.8. The van der Waals surface area contributed by atoms with Gasteiger partial charge in [0.25, 0.3) is 0 Å². The topological polar surface area (TPSA) is 83.8 Å². The van der Waals surface area contributed by atoms with Crippen LogP contribution < -0.4 is 0 Å². The van der Waals surface area contributed by atoms with Crippen molar-refractivity contribution < 1.29 is 24.5 Å². The molecule has 0 rings (SSSR count). The van der Waals surface area contributed by atoms with Crippen LogP contribution in [0.5, 0.6) is 0 Å². The second kappa shape index (κ2) is 17.4. The van der Waals surface area contributed by atoms with Crippen molar-refractivity contribution in [2.45, 2.75) is 124 Å². The number of rotatable bonds is 19. The molecule has 0 aromatic heterocycles.